The Morgan fingerprint density at radius 3 is 2.43 bits per heavy atom. The smallest absolute Gasteiger partial charge is 0.123 e. The summed E-state index contributed by atoms with van der Waals surface area (Å²) in [6.07, 6.45) is 3.65. The standard InChI is InChI=1S/C17H21FN2O/c1-2-20(13-14-7-10-19-11-8-14)12-9-17(21)15-3-5-16(18)6-4-15/h3-8,10-11,17,21H,2,9,12-13H2,1H3. The van der Waals surface area contributed by atoms with E-state index in [4.69, 9.17) is 0 Å². The zero-order chi connectivity index (χ0) is 15.1. The van der Waals surface area contributed by atoms with Crippen LogP contribution >= 0.6 is 0 Å². The van der Waals surface area contributed by atoms with E-state index in [0.717, 1.165) is 25.2 Å². The monoisotopic (exact) mass is 288 g/mol. The molecule has 0 fully saturated rings. The van der Waals surface area contributed by atoms with Crippen molar-refractivity contribution in [3.05, 3.63) is 65.7 Å². The minimum atomic E-state index is -0.558. The highest BCUT2D eigenvalue weighted by Crippen LogP contribution is 2.18. The van der Waals surface area contributed by atoms with Gasteiger partial charge in [0.15, 0.2) is 0 Å². The van der Waals surface area contributed by atoms with Crippen LogP contribution in [0.1, 0.15) is 30.6 Å². The first-order valence-corrected chi connectivity index (χ1v) is 7.24. The summed E-state index contributed by atoms with van der Waals surface area (Å²) in [7, 11) is 0. The number of aromatic nitrogens is 1. The normalized spacial score (nSPS) is 12.6. The molecule has 1 unspecified atom stereocenters. The van der Waals surface area contributed by atoms with Gasteiger partial charge in [-0.1, -0.05) is 19.1 Å². The molecule has 3 nitrogen and oxygen atoms in total. The van der Waals surface area contributed by atoms with Gasteiger partial charge < -0.3 is 5.11 Å². The molecule has 112 valence electrons. The molecule has 21 heavy (non-hydrogen) atoms. The van der Waals surface area contributed by atoms with Gasteiger partial charge in [0.1, 0.15) is 5.82 Å². The Bertz CT molecular complexity index is 530. The van der Waals surface area contributed by atoms with Crippen molar-refractivity contribution in [1.29, 1.82) is 0 Å². The van der Waals surface area contributed by atoms with Crippen LogP contribution in [0.2, 0.25) is 0 Å². The topological polar surface area (TPSA) is 36.4 Å². The summed E-state index contributed by atoms with van der Waals surface area (Å²) >= 11 is 0. The Hall–Kier alpha value is -1.78. The Labute approximate surface area is 125 Å². The van der Waals surface area contributed by atoms with Crippen LogP contribution in [0.15, 0.2) is 48.8 Å². The predicted octanol–water partition coefficient (Wildman–Crippen LogP) is 3.17. The fourth-order valence-corrected chi connectivity index (χ4v) is 2.25. The average molecular weight is 288 g/mol. The maximum atomic E-state index is 12.9. The SMILES string of the molecule is CCN(CCC(O)c1ccc(F)cc1)Cc1ccncc1. The summed E-state index contributed by atoms with van der Waals surface area (Å²) in [5.74, 6) is -0.279. The summed E-state index contributed by atoms with van der Waals surface area (Å²) in [4.78, 5) is 6.28. The van der Waals surface area contributed by atoms with E-state index in [9.17, 15) is 9.50 Å². The summed E-state index contributed by atoms with van der Waals surface area (Å²) in [5, 5.41) is 10.2. The third-order valence-electron chi connectivity index (χ3n) is 3.58. The van der Waals surface area contributed by atoms with Crippen molar-refractivity contribution in [3.63, 3.8) is 0 Å². The molecule has 4 heteroatoms. The number of benzene rings is 1. The van der Waals surface area contributed by atoms with E-state index in [1.165, 1.54) is 17.7 Å². The lowest BCUT2D eigenvalue weighted by Crippen LogP contribution is -2.25. The van der Waals surface area contributed by atoms with Crippen LogP contribution in [-0.2, 0) is 6.54 Å². The van der Waals surface area contributed by atoms with Gasteiger partial charge in [0, 0.05) is 25.5 Å². The zero-order valence-electron chi connectivity index (χ0n) is 12.2. The lowest BCUT2D eigenvalue weighted by atomic mass is 10.1. The molecule has 2 rings (SSSR count). The molecule has 0 amide bonds. The number of pyridine rings is 1. The van der Waals surface area contributed by atoms with Crippen molar-refractivity contribution in [3.8, 4) is 0 Å². The van der Waals surface area contributed by atoms with Crippen molar-refractivity contribution in [2.75, 3.05) is 13.1 Å². The van der Waals surface area contributed by atoms with Gasteiger partial charge in [-0.2, -0.15) is 0 Å². The van der Waals surface area contributed by atoms with Gasteiger partial charge in [0.25, 0.3) is 0 Å². The quantitative estimate of drug-likeness (QED) is 0.850. The second kappa shape index (κ2) is 7.86. The Morgan fingerprint density at radius 1 is 1.14 bits per heavy atom. The summed E-state index contributed by atoms with van der Waals surface area (Å²) in [5.41, 5.74) is 1.97. The van der Waals surface area contributed by atoms with Crippen LogP contribution in [0.25, 0.3) is 0 Å². The van der Waals surface area contributed by atoms with Gasteiger partial charge in [-0.05, 0) is 48.4 Å². The predicted molar refractivity (Wildman–Crippen MR) is 81.2 cm³/mol. The number of halogens is 1. The fraction of sp³-hybridized carbons (Fsp3) is 0.353. The minimum Gasteiger partial charge on any atom is -0.388 e. The van der Waals surface area contributed by atoms with Crippen LogP contribution in [0.4, 0.5) is 4.39 Å². The minimum absolute atomic E-state index is 0.279. The van der Waals surface area contributed by atoms with Crippen LogP contribution in [0.3, 0.4) is 0 Å². The van der Waals surface area contributed by atoms with Crippen LogP contribution in [0.5, 0.6) is 0 Å². The van der Waals surface area contributed by atoms with E-state index in [2.05, 4.69) is 16.8 Å². The zero-order valence-corrected chi connectivity index (χ0v) is 12.2. The first kappa shape index (κ1) is 15.6. The van der Waals surface area contributed by atoms with Gasteiger partial charge in [0.05, 0.1) is 6.10 Å². The molecule has 0 radical (unpaired) electrons. The highest BCUT2D eigenvalue weighted by atomic mass is 19.1. The Balaban J connectivity index is 1.86. The van der Waals surface area contributed by atoms with Gasteiger partial charge in [-0.3, -0.25) is 9.88 Å². The summed E-state index contributed by atoms with van der Waals surface area (Å²) in [6.45, 7) is 4.65. The fourth-order valence-electron chi connectivity index (χ4n) is 2.25. The number of rotatable bonds is 7. The molecule has 0 aliphatic rings. The van der Waals surface area contributed by atoms with Crippen LogP contribution in [0, 0.1) is 5.82 Å². The lowest BCUT2D eigenvalue weighted by Gasteiger charge is -2.22. The van der Waals surface area contributed by atoms with E-state index in [-0.39, 0.29) is 5.82 Å². The summed E-state index contributed by atoms with van der Waals surface area (Å²) < 4.78 is 12.9. The lowest BCUT2D eigenvalue weighted by molar-refractivity contribution is 0.141. The number of hydrogen-bond acceptors (Lipinski definition) is 3. The van der Waals surface area contributed by atoms with Crippen molar-refractivity contribution in [2.24, 2.45) is 0 Å². The average Bonchev–Trinajstić information content (AvgIpc) is 2.52. The maximum Gasteiger partial charge on any atom is 0.123 e. The van der Waals surface area contributed by atoms with Crippen molar-refractivity contribution in [1.82, 2.24) is 9.88 Å². The highest BCUT2D eigenvalue weighted by molar-refractivity contribution is 5.18. The van der Waals surface area contributed by atoms with E-state index >= 15 is 0 Å². The third kappa shape index (κ3) is 4.92. The van der Waals surface area contributed by atoms with Gasteiger partial charge >= 0.3 is 0 Å². The second-order valence-electron chi connectivity index (χ2n) is 5.08. The molecular weight excluding hydrogens is 267 g/mol. The number of aliphatic hydroxyl groups is 1. The van der Waals surface area contributed by atoms with Crippen molar-refractivity contribution in [2.45, 2.75) is 26.0 Å². The van der Waals surface area contributed by atoms with Gasteiger partial charge in [-0.15, -0.1) is 0 Å². The Morgan fingerprint density at radius 2 is 1.81 bits per heavy atom. The summed E-state index contributed by atoms with van der Waals surface area (Å²) in [6, 6.07) is 10.0. The molecule has 1 aromatic heterocycles. The van der Waals surface area contributed by atoms with Crippen LogP contribution in [-0.4, -0.2) is 28.1 Å². The molecule has 0 saturated heterocycles. The van der Waals surface area contributed by atoms with E-state index < -0.39 is 6.10 Å². The van der Waals surface area contributed by atoms with E-state index in [1.807, 2.05) is 12.1 Å². The first-order valence-electron chi connectivity index (χ1n) is 7.24. The van der Waals surface area contributed by atoms with E-state index in [0.29, 0.717) is 6.42 Å². The molecule has 0 saturated carbocycles. The number of hydrogen-bond donors (Lipinski definition) is 1. The van der Waals surface area contributed by atoms with E-state index in [1.54, 1.807) is 24.5 Å². The highest BCUT2D eigenvalue weighted by Gasteiger charge is 2.10. The second-order valence-corrected chi connectivity index (χ2v) is 5.08. The van der Waals surface area contributed by atoms with Crippen LogP contribution < -0.4 is 0 Å². The van der Waals surface area contributed by atoms with Crippen molar-refractivity contribution >= 4 is 0 Å². The number of nitrogens with zero attached hydrogens (tertiary/aromatic N) is 2. The molecule has 1 N–H and O–H groups in total. The molecule has 0 aliphatic carbocycles. The number of aliphatic hydroxyl groups excluding tert-OH is 1. The molecule has 1 atom stereocenters. The van der Waals surface area contributed by atoms with Gasteiger partial charge in [-0.25, -0.2) is 4.39 Å². The molecule has 1 aromatic carbocycles. The molecule has 1 heterocycles. The van der Waals surface area contributed by atoms with Gasteiger partial charge in [0.2, 0.25) is 0 Å². The molecular formula is C17H21FN2O. The molecule has 2 aromatic rings. The first-order chi connectivity index (χ1) is 10.2. The Kier molecular flexibility index (Phi) is 5.84. The third-order valence-corrected chi connectivity index (χ3v) is 3.58. The van der Waals surface area contributed by atoms with Crippen molar-refractivity contribution < 1.29 is 9.50 Å². The molecule has 0 aliphatic heterocycles. The largest absolute Gasteiger partial charge is 0.388 e. The maximum absolute atomic E-state index is 12.9. The molecule has 0 spiro atoms. The molecule has 0 bridgehead atoms.